The number of benzene rings is 2. The molecular formula is C20H23FN2O3. The van der Waals surface area contributed by atoms with E-state index < -0.39 is 5.54 Å². The van der Waals surface area contributed by atoms with Crippen molar-refractivity contribution in [3.63, 3.8) is 0 Å². The number of ether oxygens (including phenoxy) is 2. The Morgan fingerprint density at radius 2 is 1.65 bits per heavy atom. The molecule has 0 spiro atoms. The van der Waals surface area contributed by atoms with Crippen LogP contribution < -0.4 is 20.1 Å². The van der Waals surface area contributed by atoms with E-state index in [0.717, 1.165) is 31.2 Å². The fourth-order valence-corrected chi connectivity index (χ4v) is 3.53. The number of methoxy groups -OCH3 is 2. The zero-order chi connectivity index (χ0) is 18.6. The van der Waals surface area contributed by atoms with Crippen LogP contribution in [0.4, 0.5) is 14.9 Å². The molecule has 0 atom stereocenters. The van der Waals surface area contributed by atoms with E-state index in [2.05, 4.69) is 10.6 Å². The van der Waals surface area contributed by atoms with Gasteiger partial charge in [-0.25, -0.2) is 9.18 Å². The van der Waals surface area contributed by atoms with Crippen LogP contribution in [0.5, 0.6) is 11.5 Å². The molecule has 1 aliphatic carbocycles. The van der Waals surface area contributed by atoms with E-state index >= 15 is 0 Å². The van der Waals surface area contributed by atoms with Crippen LogP contribution in [0, 0.1) is 5.82 Å². The third kappa shape index (κ3) is 3.74. The Morgan fingerprint density at radius 1 is 1.00 bits per heavy atom. The minimum absolute atomic E-state index is 0.281. The van der Waals surface area contributed by atoms with Crippen molar-refractivity contribution in [3.8, 4) is 11.5 Å². The van der Waals surface area contributed by atoms with Crippen LogP contribution >= 0.6 is 0 Å². The molecule has 1 aliphatic rings. The van der Waals surface area contributed by atoms with Gasteiger partial charge >= 0.3 is 6.03 Å². The highest BCUT2D eigenvalue weighted by Crippen LogP contribution is 2.39. The summed E-state index contributed by atoms with van der Waals surface area (Å²) in [5.74, 6) is 0.855. The highest BCUT2D eigenvalue weighted by Gasteiger charge is 2.37. The molecule has 0 saturated heterocycles. The number of nitrogens with one attached hydrogen (secondary N) is 2. The lowest BCUT2D eigenvalue weighted by Crippen LogP contribution is -2.45. The predicted molar refractivity (Wildman–Crippen MR) is 98.2 cm³/mol. The molecule has 0 bridgehead atoms. The number of hydrogen-bond acceptors (Lipinski definition) is 3. The van der Waals surface area contributed by atoms with E-state index in [1.165, 1.54) is 12.1 Å². The summed E-state index contributed by atoms with van der Waals surface area (Å²) < 4.78 is 23.7. The molecule has 0 radical (unpaired) electrons. The van der Waals surface area contributed by atoms with Gasteiger partial charge in [-0.1, -0.05) is 25.0 Å². The molecule has 0 heterocycles. The smallest absolute Gasteiger partial charge is 0.319 e. The molecule has 2 amide bonds. The lowest BCUT2D eigenvalue weighted by atomic mass is 9.88. The van der Waals surface area contributed by atoms with E-state index in [-0.39, 0.29) is 11.8 Å². The lowest BCUT2D eigenvalue weighted by molar-refractivity contribution is 0.236. The van der Waals surface area contributed by atoms with E-state index in [1.54, 1.807) is 44.6 Å². The van der Waals surface area contributed by atoms with Crippen molar-refractivity contribution in [2.75, 3.05) is 19.5 Å². The minimum Gasteiger partial charge on any atom is -0.493 e. The standard InChI is InChI=1S/C20H23FN2O3/c1-25-17-10-9-16(13-18(17)26-2)22-19(24)23-20(11-3-4-12-20)14-5-7-15(21)8-6-14/h5-10,13H,3-4,11-12H2,1-2H3,(H2,22,23,24). The summed E-state index contributed by atoms with van der Waals surface area (Å²) in [5, 5.41) is 5.94. The van der Waals surface area contributed by atoms with Gasteiger partial charge in [0.2, 0.25) is 0 Å². The van der Waals surface area contributed by atoms with E-state index in [4.69, 9.17) is 9.47 Å². The molecule has 0 aromatic heterocycles. The largest absolute Gasteiger partial charge is 0.493 e. The molecule has 0 aliphatic heterocycles. The molecule has 26 heavy (non-hydrogen) atoms. The Balaban J connectivity index is 1.76. The van der Waals surface area contributed by atoms with Crippen molar-refractivity contribution >= 4 is 11.7 Å². The molecule has 0 unspecified atom stereocenters. The van der Waals surface area contributed by atoms with Gasteiger partial charge in [0.25, 0.3) is 0 Å². The second-order valence-corrected chi connectivity index (χ2v) is 6.44. The topological polar surface area (TPSA) is 59.6 Å². The Hall–Kier alpha value is -2.76. The third-order valence-corrected chi connectivity index (χ3v) is 4.85. The van der Waals surface area contributed by atoms with Crippen LogP contribution in [0.15, 0.2) is 42.5 Å². The van der Waals surface area contributed by atoms with Crippen LogP contribution in [0.1, 0.15) is 31.2 Å². The summed E-state index contributed by atoms with van der Waals surface area (Å²) in [6.45, 7) is 0. The molecular weight excluding hydrogens is 335 g/mol. The Kier molecular flexibility index (Phi) is 5.30. The predicted octanol–water partition coefficient (Wildman–Crippen LogP) is 4.43. The summed E-state index contributed by atoms with van der Waals surface area (Å²) in [7, 11) is 3.11. The van der Waals surface area contributed by atoms with Crippen LogP contribution in [0.3, 0.4) is 0 Å². The van der Waals surface area contributed by atoms with Crippen LogP contribution in [0.25, 0.3) is 0 Å². The van der Waals surface area contributed by atoms with Crippen molar-refractivity contribution < 1.29 is 18.7 Å². The molecule has 5 nitrogen and oxygen atoms in total. The molecule has 2 aromatic carbocycles. The lowest BCUT2D eigenvalue weighted by Gasteiger charge is -2.31. The Labute approximate surface area is 152 Å². The first-order chi connectivity index (χ1) is 12.6. The van der Waals surface area contributed by atoms with Crippen molar-refractivity contribution in [2.24, 2.45) is 0 Å². The average molecular weight is 358 g/mol. The Morgan fingerprint density at radius 3 is 2.27 bits per heavy atom. The number of anilines is 1. The maximum absolute atomic E-state index is 13.3. The summed E-state index contributed by atoms with van der Waals surface area (Å²) >= 11 is 0. The normalized spacial score (nSPS) is 15.3. The zero-order valence-electron chi connectivity index (χ0n) is 15.0. The number of carbonyl (C=O) groups is 1. The van der Waals surface area contributed by atoms with Gasteiger partial charge in [0.1, 0.15) is 5.82 Å². The quantitative estimate of drug-likeness (QED) is 0.831. The van der Waals surface area contributed by atoms with Crippen molar-refractivity contribution in [2.45, 2.75) is 31.2 Å². The maximum atomic E-state index is 13.3. The summed E-state index contributed by atoms with van der Waals surface area (Å²) in [4.78, 5) is 12.6. The van der Waals surface area contributed by atoms with E-state index in [9.17, 15) is 9.18 Å². The fourth-order valence-electron chi connectivity index (χ4n) is 3.53. The van der Waals surface area contributed by atoms with Crippen molar-refractivity contribution in [1.82, 2.24) is 5.32 Å². The number of rotatable bonds is 5. The second-order valence-electron chi connectivity index (χ2n) is 6.44. The van der Waals surface area contributed by atoms with Gasteiger partial charge in [0, 0.05) is 11.8 Å². The van der Waals surface area contributed by atoms with Gasteiger partial charge in [-0.3, -0.25) is 0 Å². The number of carbonyl (C=O) groups excluding carboxylic acids is 1. The molecule has 6 heteroatoms. The van der Waals surface area contributed by atoms with Crippen LogP contribution in [0.2, 0.25) is 0 Å². The molecule has 1 saturated carbocycles. The van der Waals surface area contributed by atoms with Gasteiger partial charge < -0.3 is 20.1 Å². The average Bonchev–Trinajstić information content (AvgIpc) is 3.11. The summed E-state index contributed by atoms with van der Waals surface area (Å²) in [6.07, 6.45) is 3.71. The summed E-state index contributed by atoms with van der Waals surface area (Å²) in [6, 6.07) is 11.3. The number of amides is 2. The number of hydrogen-bond donors (Lipinski definition) is 2. The monoisotopic (exact) mass is 358 g/mol. The second kappa shape index (κ2) is 7.64. The first-order valence-electron chi connectivity index (χ1n) is 8.63. The SMILES string of the molecule is COc1ccc(NC(=O)NC2(c3ccc(F)cc3)CCCC2)cc1OC. The van der Waals surface area contributed by atoms with Crippen LogP contribution in [-0.2, 0) is 5.54 Å². The van der Waals surface area contributed by atoms with Gasteiger partial charge in [0.05, 0.1) is 19.8 Å². The maximum Gasteiger partial charge on any atom is 0.319 e. The number of urea groups is 1. The molecule has 1 fully saturated rings. The van der Waals surface area contributed by atoms with Crippen molar-refractivity contribution in [3.05, 3.63) is 53.8 Å². The minimum atomic E-state index is -0.464. The van der Waals surface area contributed by atoms with Gasteiger partial charge in [0.15, 0.2) is 11.5 Å². The molecule has 2 aromatic rings. The first kappa shape index (κ1) is 18.0. The Bertz CT molecular complexity index is 771. The van der Waals surface area contributed by atoms with Crippen LogP contribution in [-0.4, -0.2) is 20.3 Å². The third-order valence-electron chi connectivity index (χ3n) is 4.85. The van der Waals surface area contributed by atoms with Crippen molar-refractivity contribution in [1.29, 1.82) is 0 Å². The highest BCUT2D eigenvalue weighted by atomic mass is 19.1. The summed E-state index contributed by atoms with van der Waals surface area (Å²) in [5.41, 5.74) is 1.07. The first-order valence-corrected chi connectivity index (χ1v) is 8.63. The van der Waals surface area contributed by atoms with E-state index in [1.807, 2.05) is 0 Å². The molecule has 138 valence electrons. The molecule has 3 rings (SSSR count). The molecule has 2 N–H and O–H groups in total. The van der Waals surface area contributed by atoms with E-state index in [0.29, 0.717) is 17.2 Å². The van der Waals surface area contributed by atoms with Gasteiger partial charge in [-0.05, 0) is 42.7 Å². The highest BCUT2D eigenvalue weighted by molar-refractivity contribution is 5.90. The number of halogens is 1. The zero-order valence-corrected chi connectivity index (χ0v) is 15.0. The van der Waals surface area contributed by atoms with Gasteiger partial charge in [-0.2, -0.15) is 0 Å². The van der Waals surface area contributed by atoms with Gasteiger partial charge in [-0.15, -0.1) is 0 Å². The fraction of sp³-hybridized carbons (Fsp3) is 0.350.